The third kappa shape index (κ3) is 2.93. The van der Waals surface area contributed by atoms with Gasteiger partial charge in [-0.15, -0.1) is 0 Å². The van der Waals surface area contributed by atoms with Crippen molar-refractivity contribution in [1.82, 2.24) is 9.55 Å². The van der Waals surface area contributed by atoms with E-state index in [-0.39, 0.29) is 12.6 Å². The normalized spacial score (nSPS) is 13.3. The molecule has 1 aromatic heterocycles. The van der Waals surface area contributed by atoms with Gasteiger partial charge in [-0.05, 0) is 25.1 Å². The molecule has 0 aromatic carbocycles. The summed E-state index contributed by atoms with van der Waals surface area (Å²) in [4.78, 5) is 2.96. The first-order valence-electron chi connectivity index (χ1n) is 5.59. The second kappa shape index (κ2) is 6.18. The number of aromatic amines is 1. The van der Waals surface area contributed by atoms with E-state index in [0.717, 1.165) is 5.69 Å². The van der Waals surface area contributed by atoms with Gasteiger partial charge in [-0.2, -0.15) is 0 Å². The van der Waals surface area contributed by atoms with Gasteiger partial charge in [0.2, 0.25) is 0 Å². The number of H-pyrrole nitrogens is 1. The van der Waals surface area contributed by atoms with Crippen LogP contribution in [0.5, 0.6) is 0 Å². The lowest BCUT2D eigenvalue weighted by molar-refractivity contribution is 0.0929. The molecule has 0 spiro atoms. The molecule has 0 bridgehead atoms. The van der Waals surface area contributed by atoms with E-state index >= 15 is 0 Å². The van der Waals surface area contributed by atoms with Crippen molar-refractivity contribution in [3.63, 3.8) is 0 Å². The Labute approximate surface area is 101 Å². The van der Waals surface area contributed by atoms with Crippen LogP contribution in [0.15, 0.2) is 6.20 Å². The molecule has 1 rings (SSSR count). The maximum absolute atomic E-state index is 9.26. The first kappa shape index (κ1) is 13.4. The average Bonchev–Trinajstić information content (AvgIpc) is 2.61. The maximum atomic E-state index is 9.26. The van der Waals surface area contributed by atoms with Gasteiger partial charge >= 0.3 is 0 Å². The Bertz CT molecular complexity index is 370. The van der Waals surface area contributed by atoms with Gasteiger partial charge in [0.05, 0.1) is 24.9 Å². The molecule has 1 aromatic rings. The molecule has 0 amide bonds. The Kier molecular flexibility index (Phi) is 5.18. The van der Waals surface area contributed by atoms with Crippen LogP contribution in [0.2, 0.25) is 0 Å². The van der Waals surface area contributed by atoms with Gasteiger partial charge in [0, 0.05) is 12.8 Å². The largest absolute Gasteiger partial charge is 0.390 e. The fraction of sp³-hybridized carbons (Fsp3) is 0.727. The summed E-state index contributed by atoms with van der Waals surface area (Å²) in [6.07, 6.45) is 1.75. The zero-order valence-electron chi connectivity index (χ0n) is 10.1. The molecule has 4 nitrogen and oxygen atoms in total. The summed E-state index contributed by atoms with van der Waals surface area (Å²) in [5.74, 6) is 0.402. The number of hydrogen-bond acceptors (Lipinski definition) is 3. The number of nitrogens with one attached hydrogen (secondary N) is 1. The molecule has 0 fully saturated rings. The predicted octanol–water partition coefficient (Wildman–Crippen LogP) is 2.27. The summed E-state index contributed by atoms with van der Waals surface area (Å²) in [6, 6.07) is 0.167. The van der Waals surface area contributed by atoms with E-state index in [1.807, 2.05) is 11.5 Å². The Morgan fingerprint density at radius 3 is 2.75 bits per heavy atom. The van der Waals surface area contributed by atoms with Gasteiger partial charge in [0.1, 0.15) is 0 Å². The Hall–Kier alpha value is -0.650. The number of aliphatic hydroxyl groups is 1. The second-order valence-electron chi connectivity index (χ2n) is 4.08. The fourth-order valence-corrected chi connectivity index (χ4v) is 2.02. The number of hydrogen-bond donors (Lipinski definition) is 2. The highest BCUT2D eigenvalue weighted by molar-refractivity contribution is 7.71. The highest BCUT2D eigenvalue weighted by Gasteiger charge is 2.19. The average molecular weight is 244 g/mol. The minimum atomic E-state index is -0.0114. The van der Waals surface area contributed by atoms with Crippen molar-refractivity contribution in [3.05, 3.63) is 16.7 Å². The van der Waals surface area contributed by atoms with Crippen LogP contribution in [0.25, 0.3) is 0 Å². The smallest absolute Gasteiger partial charge is 0.177 e. The van der Waals surface area contributed by atoms with E-state index in [9.17, 15) is 5.11 Å². The van der Waals surface area contributed by atoms with Gasteiger partial charge in [-0.25, -0.2) is 0 Å². The van der Waals surface area contributed by atoms with Crippen LogP contribution >= 0.6 is 12.2 Å². The molecule has 0 aliphatic carbocycles. The topological polar surface area (TPSA) is 50.2 Å². The summed E-state index contributed by atoms with van der Waals surface area (Å²) in [5.41, 5.74) is 0.809. The summed E-state index contributed by atoms with van der Waals surface area (Å²) < 4.78 is 8.07. The van der Waals surface area contributed by atoms with Crippen molar-refractivity contribution in [1.29, 1.82) is 0 Å². The van der Waals surface area contributed by atoms with Crippen LogP contribution in [-0.2, 0) is 11.3 Å². The molecule has 2 N–H and O–H groups in total. The van der Waals surface area contributed by atoms with E-state index in [1.54, 1.807) is 6.20 Å². The molecule has 5 heteroatoms. The van der Waals surface area contributed by atoms with Crippen LogP contribution in [-0.4, -0.2) is 27.9 Å². The highest BCUT2D eigenvalue weighted by atomic mass is 32.1. The lowest BCUT2D eigenvalue weighted by Crippen LogP contribution is -2.23. The summed E-state index contributed by atoms with van der Waals surface area (Å²) >= 11 is 5.23. The predicted molar refractivity (Wildman–Crippen MR) is 65.9 cm³/mol. The van der Waals surface area contributed by atoms with E-state index in [4.69, 9.17) is 17.0 Å². The summed E-state index contributed by atoms with van der Waals surface area (Å²) in [7, 11) is 0. The lowest BCUT2D eigenvalue weighted by Gasteiger charge is -2.24. The quantitative estimate of drug-likeness (QED) is 0.755. The molecule has 16 heavy (non-hydrogen) atoms. The third-order valence-corrected chi connectivity index (χ3v) is 2.96. The van der Waals surface area contributed by atoms with Gasteiger partial charge in [0.25, 0.3) is 0 Å². The monoisotopic (exact) mass is 244 g/mol. The molecule has 0 saturated heterocycles. The van der Waals surface area contributed by atoms with Crippen LogP contribution in [0, 0.1) is 10.7 Å². The van der Waals surface area contributed by atoms with Crippen LogP contribution in [0.4, 0.5) is 0 Å². The van der Waals surface area contributed by atoms with Gasteiger partial charge in [-0.1, -0.05) is 13.8 Å². The Balaban J connectivity index is 2.99. The third-order valence-electron chi connectivity index (χ3n) is 2.65. The van der Waals surface area contributed by atoms with Crippen molar-refractivity contribution >= 4 is 12.2 Å². The van der Waals surface area contributed by atoms with Crippen molar-refractivity contribution in [2.24, 2.45) is 5.92 Å². The van der Waals surface area contributed by atoms with Crippen molar-refractivity contribution in [3.8, 4) is 0 Å². The minimum absolute atomic E-state index is 0.0114. The second-order valence-corrected chi connectivity index (χ2v) is 4.47. The first-order chi connectivity index (χ1) is 7.61. The molecule has 0 aliphatic rings. The number of aromatic nitrogens is 2. The number of nitrogens with zero attached hydrogens (tertiary/aromatic N) is 1. The maximum Gasteiger partial charge on any atom is 0.177 e. The van der Waals surface area contributed by atoms with E-state index in [1.165, 1.54) is 0 Å². The van der Waals surface area contributed by atoms with Crippen LogP contribution in [0.1, 0.15) is 32.5 Å². The number of aliphatic hydroxyl groups excluding tert-OH is 1. The number of rotatable bonds is 6. The fourth-order valence-electron chi connectivity index (χ4n) is 1.70. The van der Waals surface area contributed by atoms with Gasteiger partial charge < -0.3 is 19.4 Å². The molecule has 1 heterocycles. The molecule has 0 radical (unpaired) electrons. The first-order valence-corrected chi connectivity index (χ1v) is 6.00. The van der Waals surface area contributed by atoms with Crippen LogP contribution in [0.3, 0.4) is 0 Å². The molecule has 0 aliphatic heterocycles. The van der Waals surface area contributed by atoms with Gasteiger partial charge in [0.15, 0.2) is 4.77 Å². The molecular weight excluding hydrogens is 224 g/mol. The highest BCUT2D eigenvalue weighted by Crippen LogP contribution is 2.21. The van der Waals surface area contributed by atoms with Crippen molar-refractivity contribution in [2.45, 2.75) is 33.4 Å². The van der Waals surface area contributed by atoms with Crippen molar-refractivity contribution in [2.75, 3.05) is 13.2 Å². The SMILES string of the molecule is CCOCC(C(C)C)n1c(CO)c[nH]c1=S. The van der Waals surface area contributed by atoms with E-state index < -0.39 is 0 Å². The molecule has 1 atom stereocenters. The standard InChI is InChI=1S/C11H20N2O2S/c1-4-15-7-10(8(2)3)13-9(6-14)5-12-11(13)16/h5,8,10,14H,4,6-7H2,1-3H3,(H,12,16). The Morgan fingerprint density at radius 2 is 2.25 bits per heavy atom. The van der Waals surface area contributed by atoms with E-state index in [2.05, 4.69) is 18.8 Å². The van der Waals surface area contributed by atoms with Gasteiger partial charge in [-0.3, -0.25) is 0 Å². The lowest BCUT2D eigenvalue weighted by atomic mass is 10.1. The summed E-state index contributed by atoms with van der Waals surface area (Å²) in [5, 5.41) is 9.26. The number of ether oxygens (including phenoxy) is 1. The Morgan fingerprint density at radius 1 is 1.56 bits per heavy atom. The zero-order chi connectivity index (χ0) is 12.1. The molecule has 0 saturated carbocycles. The molecule has 92 valence electrons. The summed E-state index contributed by atoms with van der Waals surface area (Å²) in [6.45, 7) is 7.52. The van der Waals surface area contributed by atoms with E-state index in [0.29, 0.717) is 23.9 Å². The van der Waals surface area contributed by atoms with Crippen LogP contribution < -0.4 is 0 Å². The molecular formula is C11H20N2O2S. The minimum Gasteiger partial charge on any atom is -0.390 e. The number of imidazole rings is 1. The molecule has 1 unspecified atom stereocenters. The van der Waals surface area contributed by atoms with Crippen molar-refractivity contribution < 1.29 is 9.84 Å². The zero-order valence-corrected chi connectivity index (χ0v) is 10.9.